The Balaban J connectivity index is 1.58. The highest BCUT2D eigenvalue weighted by molar-refractivity contribution is 6.30. The van der Waals surface area contributed by atoms with Gasteiger partial charge in [0.2, 0.25) is 0 Å². The third kappa shape index (κ3) is 5.39. The van der Waals surface area contributed by atoms with Crippen molar-refractivity contribution in [1.29, 1.82) is 0 Å². The Hall–Kier alpha value is -3.60. The lowest BCUT2D eigenvalue weighted by atomic mass is 9.83. The van der Waals surface area contributed by atoms with Gasteiger partial charge in [-0.1, -0.05) is 37.4 Å². The van der Waals surface area contributed by atoms with E-state index in [1.54, 1.807) is 18.6 Å². The van der Waals surface area contributed by atoms with Gasteiger partial charge < -0.3 is 14.1 Å². The van der Waals surface area contributed by atoms with Gasteiger partial charge in [0.25, 0.3) is 0 Å². The Bertz CT molecular complexity index is 1500. The first-order chi connectivity index (χ1) is 19.5. The van der Waals surface area contributed by atoms with Crippen LogP contribution in [0, 0.1) is 11.8 Å². The van der Waals surface area contributed by atoms with Crippen LogP contribution in [0.2, 0.25) is 5.02 Å². The molecule has 2 atom stereocenters. The van der Waals surface area contributed by atoms with Gasteiger partial charge in [0.1, 0.15) is 5.82 Å². The smallest absolute Gasteiger partial charge is 0.364 e. The molecule has 1 amide bonds. The van der Waals surface area contributed by atoms with E-state index in [9.17, 15) is 4.79 Å². The molecule has 1 aliphatic carbocycles. The van der Waals surface area contributed by atoms with E-state index in [1.165, 1.54) is 12.8 Å². The van der Waals surface area contributed by atoms with Gasteiger partial charge >= 0.3 is 6.09 Å². The average molecular weight is 562 g/mol. The molecule has 208 valence electrons. The maximum absolute atomic E-state index is 11.8. The van der Waals surface area contributed by atoms with Crippen molar-refractivity contribution in [2.75, 3.05) is 6.61 Å². The number of nitrogens with zero attached hydrogens (tertiary/aromatic N) is 5. The summed E-state index contributed by atoms with van der Waals surface area (Å²) in [5, 5.41) is 3.24. The number of pyridine rings is 3. The Morgan fingerprint density at radius 3 is 2.73 bits per heavy atom. The predicted octanol–water partition coefficient (Wildman–Crippen LogP) is 5.74. The number of aromatic nitrogens is 5. The van der Waals surface area contributed by atoms with Crippen molar-refractivity contribution >= 4 is 28.7 Å². The first kappa shape index (κ1) is 26.6. The molecule has 4 aromatic heterocycles. The average Bonchev–Trinajstić information content (AvgIpc) is 3.56. The second kappa shape index (κ2) is 11.5. The number of amides is 1. The second-order valence-corrected chi connectivity index (χ2v) is 11.0. The molecule has 1 aliphatic heterocycles. The number of fused-ring (bicyclic) bond motifs is 1. The molecule has 1 saturated heterocycles. The van der Waals surface area contributed by atoms with Crippen molar-refractivity contribution in [1.82, 2.24) is 35.3 Å². The molecule has 0 aromatic carbocycles. The van der Waals surface area contributed by atoms with Crippen molar-refractivity contribution in [3.8, 4) is 11.3 Å². The normalized spacial score (nSPS) is 21.8. The van der Waals surface area contributed by atoms with Gasteiger partial charge in [0.05, 0.1) is 33.1 Å². The molecule has 10 nitrogen and oxygen atoms in total. The van der Waals surface area contributed by atoms with Crippen molar-refractivity contribution in [3.63, 3.8) is 0 Å². The van der Waals surface area contributed by atoms with Crippen LogP contribution in [0.3, 0.4) is 0 Å². The highest BCUT2D eigenvalue weighted by Crippen LogP contribution is 2.37. The predicted molar refractivity (Wildman–Crippen MR) is 150 cm³/mol. The van der Waals surface area contributed by atoms with Crippen LogP contribution in [0.15, 0.2) is 48.9 Å². The number of hydroxylamine groups is 1. The van der Waals surface area contributed by atoms with E-state index in [2.05, 4.69) is 32.3 Å². The van der Waals surface area contributed by atoms with Crippen LogP contribution in [0.1, 0.15) is 69.0 Å². The minimum Gasteiger partial charge on any atom is -0.364 e. The zero-order valence-electron chi connectivity index (χ0n) is 22.5. The number of ether oxygens (including phenoxy) is 1. The first-order valence-corrected chi connectivity index (χ1v) is 14.1. The molecule has 2 aliphatic rings. The molecular formula is C29H32ClN7O3. The number of halogens is 1. The molecule has 0 radical (unpaired) electrons. The standard InChI is InChI=1S/C29H32ClN7O3/c1-3-39-26(21-6-4-5-11-32-21)28-34-22-13-23(27-35-29(38)40-36-27)33-24(19-12-20(30)15-31-14-19)25(22)37(28)16-18-9-7-17(2)8-10-18/h4-6,11-15,17-18,26-27,36H,3,7-10,16H2,1-2H3,(H,35,38). The minimum atomic E-state index is -0.630. The quantitative estimate of drug-likeness (QED) is 0.280. The van der Waals surface area contributed by atoms with Crippen molar-refractivity contribution in [2.45, 2.75) is 58.3 Å². The van der Waals surface area contributed by atoms with E-state index in [-0.39, 0.29) is 0 Å². The van der Waals surface area contributed by atoms with Crippen LogP contribution >= 0.6 is 11.6 Å². The summed E-state index contributed by atoms with van der Waals surface area (Å²) >= 11 is 6.39. The number of nitrogens with one attached hydrogen (secondary N) is 2. The molecule has 2 unspecified atom stereocenters. The topological polar surface area (TPSA) is 116 Å². The second-order valence-electron chi connectivity index (χ2n) is 10.5. The van der Waals surface area contributed by atoms with E-state index in [0.717, 1.165) is 53.4 Å². The summed E-state index contributed by atoms with van der Waals surface area (Å²) < 4.78 is 8.57. The van der Waals surface area contributed by atoms with Gasteiger partial charge in [0, 0.05) is 37.3 Å². The molecular weight excluding hydrogens is 530 g/mol. The Labute approximate surface area is 237 Å². The van der Waals surface area contributed by atoms with E-state index >= 15 is 0 Å². The molecule has 6 rings (SSSR count). The summed E-state index contributed by atoms with van der Waals surface area (Å²) in [6.07, 6.45) is 8.16. The van der Waals surface area contributed by atoms with Crippen LogP contribution in [-0.2, 0) is 16.1 Å². The van der Waals surface area contributed by atoms with Gasteiger partial charge in [-0.3, -0.25) is 15.3 Å². The number of hydrogen-bond acceptors (Lipinski definition) is 8. The fourth-order valence-corrected chi connectivity index (χ4v) is 5.83. The summed E-state index contributed by atoms with van der Waals surface area (Å²) in [6.45, 7) is 5.58. The zero-order chi connectivity index (χ0) is 27.6. The van der Waals surface area contributed by atoms with Gasteiger partial charge in [-0.15, -0.1) is 5.48 Å². The fourth-order valence-electron chi connectivity index (χ4n) is 5.65. The van der Waals surface area contributed by atoms with Crippen LogP contribution < -0.4 is 10.8 Å². The third-order valence-corrected chi connectivity index (χ3v) is 7.89. The molecule has 40 heavy (non-hydrogen) atoms. The molecule has 11 heteroatoms. The van der Waals surface area contributed by atoms with E-state index in [0.29, 0.717) is 28.9 Å². The number of carbonyl (C=O) groups excluding carboxylic acids is 1. The summed E-state index contributed by atoms with van der Waals surface area (Å²) in [6, 6.07) is 9.54. The Morgan fingerprint density at radius 1 is 1.18 bits per heavy atom. The van der Waals surface area contributed by atoms with E-state index in [4.69, 9.17) is 31.1 Å². The number of hydrogen-bond donors (Lipinski definition) is 2. The molecule has 4 aromatic rings. The Kier molecular flexibility index (Phi) is 7.64. The number of imidazole rings is 1. The number of carbonyl (C=O) groups is 1. The maximum atomic E-state index is 11.8. The Morgan fingerprint density at radius 2 is 2.02 bits per heavy atom. The largest absolute Gasteiger partial charge is 0.427 e. The lowest BCUT2D eigenvalue weighted by Crippen LogP contribution is -2.24. The molecule has 2 fully saturated rings. The zero-order valence-corrected chi connectivity index (χ0v) is 23.3. The minimum absolute atomic E-state index is 0.470. The van der Waals surface area contributed by atoms with E-state index in [1.807, 2.05) is 37.3 Å². The van der Waals surface area contributed by atoms with Gasteiger partial charge in [-0.25, -0.2) is 14.8 Å². The highest BCUT2D eigenvalue weighted by atomic mass is 35.5. The van der Waals surface area contributed by atoms with Gasteiger partial charge in [-0.2, -0.15) is 0 Å². The maximum Gasteiger partial charge on any atom is 0.427 e. The first-order valence-electron chi connectivity index (χ1n) is 13.8. The molecule has 0 bridgehead atoms. The fraction of sp³-hybridized carbons (Fsp3) is 0.414. The van der Waals surface area contributed by atoms with E-state index < -0.39 is 18.4 Å². The monoisotopic (exact) mass is 561 g/mol. The van der Waals surface area contributed by atoms with Crippen LogP contribution in [0.5, 0.6) is 0 Å². The van der Waals surface area contributed by atoms with Crippen LogP contribution in [-0.4, -0.2) is 37.2 Å². The summed E-state index contributed by atoms with van der Waals surface area (Å²) in [7, 11) is 0. The molecule has 5 heterocycles. The lowest BCUT2D eigenvalue weighted by molar-refractivity contribution is 0.0787. The van der Waals surface area contributed by atoms with Crippen LogP contribution in [0.25, 0.3) is 22.3 Å². The highest BCUT2D eigenvalue weighted by Gasteiger charge is 2.31. The van der Waals surface area contributed by atoms with Crippen molar-refractivity contribution in [2.24, 2.45) is 11.8 Å². The lowest BCUT2D eigenvalue weighted by Gasteiger charge is -2.28. The summed E-state index contributed by atoms with van der Waals surface area (Å²) in [4.78, 5) is 35.9. The number of rotatable bonds is 8. The van der Waals surface area contributed by atoms with Crippen molar-refractivity contribution < 1.29 is 14.4 Å². The molecule has 1 saturated carbocycles. The van der Waals surface area contributed by atoms with Gasteiger partial charge in [-0.05, 0) is 55.9 Å². The van der Waals surface area contributed by atoms with Crippen LogP contribution in [0.4, 0.5) is 4.79 Å². The molecule has 0 spiro atoms. The van der Waals surface area contributed by atoms with Gasteiger partial charge in [0.15, 0.2) is 12.3 Å². The molecule has 2 N–H and O–H groups in total. The third-order valence-electron chi connectivity index (χ3n) is 7.68. The summed E-state index contributed by atoms with van der Waals surface area (Å²) in [5.74, 6) is 2.00. The summed E-state index contributed by atoms with van der Waals surface area (Å²) in [5.41, 5.74) is 7.06. The SMILES string of the molecule is CCOC(c1ccccn1)c1nc2cc(C3NOC(=O)N3)nc(-c3cncc(Cl)c3)c2n1CC1CCC(C)CC1. The van der Waals surface area contributed by atoms with Crippen molar-refractivity contribution in [3.05, 3.63) is 71.2 Å².